The number of aliphatic carboxylic acids is 1. The van der Waals surface area contributed by atoms with Crippen molar-refractivity contribution in [3.05, 3.63) is 33.8 Å². The molecule has 0 atom stereocenters. The van der Waals surface area contributed by atoms with E-state index in [9.17, 15) is 13.2 Å². The Balaban J connectivity index is 3.05. The maximum Gasteiger partial charge on any atom is 0.318 e. The summed E-state index contributed by atoms with van der Waals surface area (Å²) in [6.07, 6.45) is 0. The van der Waals surface area contributed by atoms with Gasteiger partial charge in [0, 0.05) is 16.1 Å². The fourth-order valence-electron chi connectivity index (χ4n) is 1.72. The summed E-state index contributed by atoms with van der Waals surface area (Å²) in [5.74, 6) is -1.55. The molecule has 8 heteroatoms. The molecule has 0 bridgehead atoms. The SMILES string of the molecule is CC(C)N(CC(=O)O)S(=O)(=O)Cc1cc(Cl)cc(Cl)c1. The minimum Gasteiger partial charge on any atom is -0.480 e. The average Bonchev–Trinajstić information content (AvgIpc) is 2.22. The normalized spacial score (nSPS) is 12.1. The lowest BCUT2D eigenvalue weighted by Gasteiger charge is -2.24. The number of halogens is 2. The number of hydrogen-bond donors (Lipinski definition) is 1. The van der Waals surface area contributed by atoms with Gasteiger partial charge in [0.2, 0.25) is 10.0 Å². The Kier molecular flexibility index (Phi) is 5.82. The van der Waals surface area contributed by atoms with Crippen molar-refractivity contribution in [2.75, 3.05) is 6.54 Å². The summed E-state index contributed by atoms with van der Waals surface area (Å²) in [4.78, 5) is 10.8. The highest BCUT2D eigenvalue weighted by molar-refractivity contribution is 7.88. The molecule has 0 radical (unpaired) electrons. The Morgan fingerprint density at radius 3 is 2.15 bits per heavy atom. The Bertz CT molecular complexity index is 581. The van der Waals surface area contributed by atoms with Gasteiger partial charge in [-0.05, 0) is 37.6 Å². The molecule has 1 aromatic rings. The van der Waals surface area contributed by atoms with Gasteiger partial charge >= 0.3 is 5.97 Å². The molecule has 0 saturated carbocycles. The summed E-state index contributed by atoms with van der Waals surface area (Å²) in [6, 6.07) is 4.02. The summed E-state index contributed by atoms with van der Waals surface area (Å²) >= 11 is 11.6. The second-order valence-electron chi connectivity index (χ2n) is 4.57. The first-order valence-corrected chi connectivity index (χ1v) is 8.14. The molecule has 0 aliphatic carbocycles. The Labute approximate surface area is 128 Å². The second-order valence-corrected chi connectivity index (χ2v) is 7.36. The number of sulfonamides is 1. The molecule has 20 heavy (non-hydrogen) atoms. The minimum absolute atomic E-state index is 0.331. The number of rotatable bonds is 6. The van der Waals surface area contributed by atoms with Gasteiger partial charge in [0.25, 0.3) is 0 Å². The van der Waals surface area contributed by atoms with E-state index in [0.29, 0.717) is 15.6 Å². The van der Waals surface area contributed by atoms with Gasteiger partial charge in [-0.3, -0.25) is 4.79 Å². The van der Waals surface area contributed by atoms with E-state index in [1.165, 1.54) is 18.2 Å². The molecule has 5 nitrogen and oxygen atoms in total. The summed E-state index contributed by atoms with van der Waals surface area (Å²) in [7, 11) is -3.77. The zero-order chi connectivity index (χ0) is 15.5. The van der Waals surface area contributed by atoms with E-state index in [1.807, 2.05) is 0 Å². The highest BCUT2D eigenvalue weighted by Gasteiger charge is 2.27. The molecule has 0 saturated heterocycles. The van der Waals surface area contributed by atoms with Crippen molar-refractivity contribution < 1.29 is 18.3 Å². The Morgan fingerprint density at radius 1 is 1.25 bits per heavy atom. The molecule has 0 aromatic heterocycles. The van der Waals surface area contributed by atoms with Gasteiger partial charge in [0.05, 0.1) is 5.75 Å². The van der Waals surface area contributed by atoms with E-state index in [4.69, 9.17) is 28.3 Å². The lowest BCUT2D eigenvalue weighted by atomic mass is 10.2. The number of nitrogens with zero attached hydrogens (tertiary/aromatic N) is 1. The van der Waals surface area contributed by atoms with Crippen LogP contribution in [-0.4, -0.2) is 36.4 Å². The van der Waals surface area contributed by atoms with E-state index in [1.54, 1.807) is 13.8 Å². The molecular weight excluding hydrogens is 325 g/mol. The monoisotopic (exact) mass is 339 g/mol. The van der Waals surface area contributed by atoms with Crippen LogP contribution in [0.4, 0.5) is 0 Å². The molecule has 1 rings (SSSR count). The van der Waals surface area contributed by atoms with Crippen LogP contribution in [0, 0.1) is 0 Å². The van der Waals surface area contributed by atoms with Crippen molar-refractivity contribution in [3.8, 4) is 0 Å². The largest absolute Gasteiger partial charge is 0.480 e. The lowest BCUT2D eigenvalue weighted by molar-refractivity contribution is -0.137. The highest BCUT2D eigenvalue weighted by Crippen LogP contribution is 2.22. The Morgan fingerprint density at radius 2 is 1.75 bits per heavy atom. The molecular formula is C12H15Cl2NO4S. The number of hydrogen-bond acceptors (Lipinski definition) is 3. The van der Waals surface area contributed by atoms with Crippen LogP contribution in [-0.2, 0) is 20.6 Å². The first-order valence-electron chi connectivity index (χ1n) is 5.78. The van der Waals surface area contributed by atoms with Crippen molar-refractivity contribution in [2.45, 2.75) is 25.6 Å². The molecule has 0 fully saturated rings. The van der Waals surface area contributed by atoms with Crippen molar-refractivity contribution in [1.82, 2.24) is 4.31 Å². The summed E-state index contributed by atoms with van der Waals surface area (Å²) < 4.78 is 25.5. The summed E-state index contributed by atoms with van der Waals surface area (Å²) in [5.41, 5.74) is 0.415. The topological polar surface area (TPSA) is 74.7 Å². The van der Waals surface area contributed by atoms with Gasteiger partial charge in [-0.2, -0.15) is 4.31 Å². The minimum atomic E-state index is -3.77. The van der Waals surface area contributed by atoms with Gasteiger partial charge < -0.3 is 5.11 Å². The van der Waals surface area contributed by atoms with Crippen LogP contribution < -0.4 is 0 Å². The van der Waals surface area contributed by atoms with E-state index in [-0.39, 0.29) is 5.75 Å². The van der Waals surface area contributed by atoms with E-state index >= 15 is 0 Å². The van der Waals surface area contributed by atoms with Gasteiger partial charge in [0.15, 0.2) is 0 Å². The quantitative estimate of drug-likeness (QED) is 0.864. The third kappa shape index (κ3) is 4.94. The van der Waals surface area contributed by atoms with Gasteiger partial charge in [-0.15, -0.1) is 0 Å². The average molecular weight is 340 g/mol. The maximum absolute atomic E-state index is 12.3. The summed E-state index contributed by atoms with van der Waals surface area (Å²) in [6.45, 7) is 2.66. The molecule has 112 valence electrons. The molecule has 0 spiro atoms. The van der Waals surface area contributed by atoms with Crippen LogP contribution in [0.1, 0.15) is 19.4 Å². The van der Waals surface area contributed by atoms with Crippen LogP contribution in [0.25, 0.3) is 0 Å². The molecule has 0 aliphatic heterocycles. The van der Waals surface area contributed by atoms with Crippen LogP contribution in [0.3, 0.4) is 0 Å². The third-order valence-corrected chi connectivity index (χ3v) is 4.90. The van der Waals surface area contributed by atoms with Gasteiger partial charge in [-0.1, -0.05) is 23.2 Å². The van der Waals surface area contributed by atoms with Gasteiger partial charge in [-0.25, -0.2) is 8.42 Å². The van der Waals surface area contributed by atoms with E-state index < -0.39 is 28.6 Å². The third-order valence-electron chi connectivity index (χ3n) is 2.50. The molecule has 0 amide bonds. The van der Waals surface area contributed by atoms with Crippen molar-refractivity contribution in [2.24, 2.45) is 0 Å². The molecule has 1 N–H and O–H groups in total. The van der Waals surface area contributed by atoms with Crippen molar-refractivity contribution in [3.63, 3.8) is 0 Å². The lowest BCUT2D eigenvalue weighted by Crippen LogP contribution is -2.41. The van der Waals surface area contributed by atoms with Crippen molar-refractivity contribution >= 4 is 39.2 Å². The number of benzene rings is 1. The standard InChI is InChI=1S/C12H15Cl2NO4S/c1-8(2)15(6-12(16)17)20(18,19)7-9-3-10(13)5-11(14)4-9/h3-5,8H,6-7H2,1-2H3,(H,16,17). The molecule has 0 aliphatic rings. The highest BCUT2D eigenvalue weighted by atomic mass is 35.5. The Hall–Kier alpha value is -0.820. The second kappa shape index (κ2) is 6.76. The predicted molar refractivity (Wildman–Crippen MR) is 78.6 cm³/mol. The number of carboxylic acids is 1. The zero-order valence-corrected chi connectivity index (χ0v) is 13.3. The number of carbonyl (C=O) groups is 1. The fraction of sp³-hybridized carbons (Fsp3) is 0.417. The van der Waals surface area contributed by atoms with Crippen molar-refractivity contribution in [1.29, 1.82) is 0 Å². The summed E-state index contributed by atoms with van der Waals surface area (Å²) in [5, 5.41) is 9.46. The molecule has 1 aromatic carbocycles. The van der Waals surface area contributed by atoms with Gasteiger partial charge in [0.1, 0.15) is 6.54 Å². The van der Waals surface area contributed by atoms with Crippen LogP contribution in [0.2, 0.25) is 10.0 Å². The maximum atomic E-state index is 12.3. The first-order chi connectivity index (χ1) is 9.11. The van der Waals surface area contributed by atoms with E-state index in [2.05, 4.69) is 0 Å². The number of carboxylic acid groups (broad SMARTS) is 1. The molecule has 0 unspecified atom stereocenters. The fourth-order valence-corrected chi connectivity index (χ4v) is 4.00. The van der Waals surface area contributed by atoms with Crippen LogP contribution >= 0.6 is 23.2 Å². The predicted octanol–water partition coefficient (Wildman–Crippen LogP) is 2.62. The van der Waals surface area contributed by atoms with Crippen LogP contribution in [0.5, 0.6) is 0 Å². The first kappa shape index (κ1) is 17.2. The van der Waals surface area contributed by atoms with Crippen LogP contribution in [0.15, 0.2) is 18.2 Å². The van der Waals surface area contributed by atoms with E-state index in [0.717, 1.165) is 4.31 Å². The molecule has 0 heterocycles. The zero-order valence-electron chi connectivity index (χ0n) is 11.0. The smallest absolute Gasteiger partial charge is 0.318 e.